The Morgan fingerprint density at radius 2 is 1.85 bits per heavy atom. The molecule has 0 aliphatic carbocycles. The minimum absolute atomic E-state index is 0.0844. The molecule has 0 saturated heterocycles. The third kappa shape index (κ3) is 6.73. The number of hydrogen-bond donors (Lipinski definition) is 1. The highest BCUT2D eigenvalue weighted by Gasteiger charge is 2.12. The predicted octanol–water partition coefficient (Wildman–Crippen LogP) is 5.55. The smallest absolute Gasteiger partial charge is 0.224 e. The zero-order valence-electron chi connectivity index (χ0n) is 16.0. The average molecular weight is 409 g/mol. The number of nitrogens with zero attached hydrogens (tertiary/aromatic N) is 1. The molecule has 1 amide bonds. The summed E-state index contributed by atoms with van der Waals surface area (Å²) < 4.78 is 5.45. The van der Waals surface area contributed by atoms with E-state index in [1.165, 1.54) is 5.56 Å². The molecule has 27 heavy (non-hydrogen) atoms. The summed E-state index contributed by atoms with van der Waals surface area (Å²) in [4.78, 5) is 14.4. The first-order valence-corrected chi connectivity index (χ1v) is 9.81. The minimum Gasteiger partial charge on any atom is -0.494 e. The SMILES string of the molecule is CCOc1ccc(CN(C)CCCC(=O)Nc2c(Cl)ccc(C)c2Cl)cc1. The van der Waals surface area contributed by atoms with Crippen molar-refractivity contribution in [3.05, 3.63) is 57.6 Å². The van der Waals surface area contributed by atoms with E-state index in [0.717, 1.165) is 30.8 Å². The van der Waals surface area contributed by atoms with E-state index in [0.29, 0.717) is 28.8 Å². The first-order valence-electron chi connectivity index (χ1n) is 9.05. The fraction of sp³-hybridized carbons (Fsp3) is 0.381. The number of anilines is 1. The lowest BCUT2D eigenvalue weighted by Gasteiger charge is -2.17. The Labute approximate surface area is 171 Å². The van der Waals surface area contributed by atoms with Crippen LogP contribution in [0.25, 0.3) is 0 Å². The highest BCUT2D eigenvalue weighted by Crippen LogP contribution is 2.32. The summed E-state index contributed by atoms with van der Waals surface area (Å²) in [5.41, 5.74) is 2.58. The molecule has 0 bridgehead atoms. The maximum Gasteiger partial charge on any atom is 0.224 e. The van der Waals surface area contributed by atoms with Gasteiger partial charge >= 0.3 is 0 Å². The molecule has 0 saturated carbocycles. The molecule has 0 spiro atoms. The second kappa shape index (κ2) is 10.5. The summed E-state index contributed by atoms with van der Waals surface area (Å²) in [6.45, 7) is 6.16. The number of rotatable bonds is 9. The van der Waals surface area contributed by atoms with E-state index in [2.05, 4.69) is 22.3 Å². The minimum atomic E-state index is -0.0844. The number of benzene rings is 2. The number of amides is 1. The van der Waals surface area contributed by atoms with Crippen molar-refractivity contribution < 1.29 is 9.53 Å². The van der Waals surface area contributed by atoms with Crippen LogP contribution in [0.15, 0.2) is 36.4 Å². The summed E-state index contributed by atoms with van der Waals surface area (Å²) >= 11 is 12.4. The second-order valence-corrected chi connectivity index (χ2v) is 7.30. The van der Waals surface area contributed by atoms with Gasteiger partial charge in [-0.25, -0.2) is 0 Å². The number of hydrogen-bond acceptors (Lipinski definition) is 3. The predicted molar refractivity (Wildman–Crippen MR) is 113 cm³/mol. The van der Waals surface area contributed by atoms with Gasteiger partial charge in [-0.15, -0.1) is 0 Å². The van der Waals surface area contributed by atoms with Crippen LogP contribution >= 0.6 is 23.2 Å². The van der Waals surface area contributed by atoms with Gasteiger partial charge in [-0.3, -0.25) is 4.79 Å². The number of aryl methyl sites for hydroxylation is 1. The Kier molecular flexibility index (Phi) is 8.42. The third-order valence-electron chi connectivity index (χ3n) is 4.18. The molecule has 0 fully saturated rings. The van der Waals surface area contributed by atoms with Crippen molar-refractivity contribution in [3.8, 4) is 5.75 Å². The van der Waals surface area contributed by atoms with Gasteiger partial charge < -0.3 is 15.0 Å². The topological polar surface area (TPSA) is 41.6 Å². The van der Waals surface area contributed by atoms with Crippen molar-refractivity contribution in [2.24, 2.45) is 0 Å². The van der Waals surface area contributed by atoms with Gasteiger partial charge in [-0.2, -0.15) is 0 Å². The summed E-state index contributed by atoms with van der Waals surface area (Å²) in [5, 5.41) is 3.77. The molecule has 0 aliphatic rings. The van der Waals surface area contributed by atoms with Gasteiger partial charge in [0, 0.05) is 13.0 Å². The van der Waals surface area contributed by atoms with Crippen LogP contribution in [0.1, 0.15) is 30.9 Å². The first-order chi connectivity index (χ1) is 12.9. The monoisotopic (exact) mass is 408 g/mol. The summed E-state index contributed by atoms with van der Waals surface area (Å²) in [6.07, 6.45) is 1.16. The molecule has 2 aromatic carbocycles. The van der Waals surface area contributed by atoms with E-state index in [-0.39, 0.29) is 5.91 Å². The standard InChI is InChI=1S/C21H26Cl2N2O2/c1-4-27-17-10-8-16(9-11-17)14-25(3)13-5-6-19(26)24-21-18(22)12-7-15(2)20(21)23/h7-12H,4-6,13-14H2,1-3H3,(H,24,26). The fourth-order valence-electron chi connectivity index (χ4n) is 2.73. The van der Waals surface area contributed by atoms with Crippen LogP contribution in [0.2, 0.25) is 10.0 Å². The van der Waals surface area contributed by atoms with Gasteiger partial charge in [0.1, 0.15) is 5.75 Å². The maximum absolute atomic E-state index is 12.2. The summed E-state index contributed by atoms with van der Waals surface area (Å²) in [7, 11) is 2.04. The van der Waals surface area contributed by atoms with Crippen molar-refractivity contribution in [1.82, 2.24) is 4.90 Å². The molecule has 6 heteroatoms. The van der Waals surface area contributed by atoms with E-state index in [9.17, 15) is 4.79 Å². The van der Waals surface area contributed by atoms with Crippen LogP contribution < -0.4 is 10.1 Å². The van der Waals surface area contributed by atoms with E-state index in [1.54, 1.807) is 6.07 Å². The molecule has 0 unspecified atom stereocenters. The molecule has 0 heterocycles. The number of carbonyl (C=O) groups is 1. The van der Waals surface area contributed by atoms with Crippen LogP contribution in [0.5, 0.6) is 5.75 Å². The van der Waals surface area contributed by atoms with Gasteiger partial charge in [0.25, 0.3) is 0 Å². The van der Waals surface area contributed by atoms with Crippen molar-refractivity contribution in [2.75, 3.05) is 25.5 Å². The molecular formula is C21H26Cl2N2O2. The molecule has 146 valence electrons. The lowest BCUT2D eigenvalue weighted by Crippen LogP contribution is -2.21. The Hall–Kier alpha value is -1.75. The van der Waals surface area contributed by atoms with Crippen LogP contribution in [0.4, 0.5) is 5.69 Å². The lowest BCUT2D eigenvalue weighted by molar-refractivity contribution is -0.116. The molecule has 4 nitrogen and oxygen atoms in total. The Morgan fingerprint density at radius 3 is 2.52 bits per heavy atom. The number of halogens is 2. The van der Waals surface area contributed by atoms with Gasteiger partial charge in [-0.1, -0.05) is 41.4 Å². The van der Waals surface area contributed by atoms with Gasteiger partial charge in [0.2, 0.25) is 5.91 Å². The maximum atomic E-state index is 12.2. The quantitative estimate of drug-likeness (QED) is 0.590. The average Bonchev–Trinajstić information content (AvgIpc) is 2.64. The van der Waals surface area contributed by atoms with Gasteiger partial charge in [-0.05, 0) is 63.2 Å². The Bertz CT molecular complexity index is 764. The zero-order valence-corrected chi connectivity index (χ0v) is 17.5. The zero-order chi connectivity index (χ0) is 19.8. The molecule has 0 aromatic heterocycles. The van der Waals surface area contributed by atoms with Gasteiger partial charge in [0.15, 0.2) is 0 Å². The van der Waals surface area contributed by atoms with Crippen molar-refractivity contribution >= 4 is 34.8 Å². The third-order valence-corrected chi connectivity index (χ3v) is 4.98. The second-order valence-electron chi connectivity index (χ2n) is 6.52. The van der Waals surface area contributed by atoms with Crippen molar-refractivity contribution in [2.45, 2.75) is 33.2 Å². The normalized spacial score (nSPS) is 10.9. The highest BCUT2D eigenvalue weighted by molar-refractivity contribution is 6.40. The lowest BCUT2D eigenvalue weighted by atomic mass is 10.2. The Balaban J connectivity index is 1.77. The van der Waals surface area contributed by atoms with Crippen LogP contribution in [-0.4, -0.2) is 31.0 Å². The van der Waals surface area contributed by atoms with E-state index < -0.39 is 0 Å². The van der Waals surface area contributed by atoms with E-state index in [1.807, 2.05) is 39.1 Å². The molecule has 1 N–H and O–H groups in total. The first kappa shape index (κ1) is 21.5. The van der Waals surface area contributed by atoms with Crippen LogP contribution in [0, 0.1) is 6.92 Å². The van der Waals surface area contributed by atoms with Crippen LogP contribution in [-0.2, 0) is 11.3 Å². The number of ether oxygens (including phenoxy) is 1. The van der Waals surface area contributed by atoms with Crippen molar-refractivity contribution in [1.29, 1.82) is 0 Å². The highest BCUT2D eigenvalue weighted by atomic mass is 35.5. The van der Waals surface area contributed by atoms with E-state index in [4.69, 9.17) is 27.9 Å². The fourth-order valence-corrected chi connectivity index (χ4v) is 3.20. The van der Waals surface area contributed by atoms with Crippen molar-refractivity contribution in [3.63, 3.8) is 0 Å². The number of nitrogens with one attached hydrogen (secondary N) is 1. The van der Waals surface area contributed by atoms with Crippen LogP contribution in [0.3, 0.4) is 0 Å². The number of carbonyl (C=O) groups excluding carboxylic acids is 1. The molecule has 0 aliphatic heterocycles. The molecular weight excluding hydrogens is 383 g/mol. The molecule has 2 aromatic rings. The molecule has 2 rings (SSSR count). The van der Waals surface area contributed by atoms with E-state index >= 15 is 0 Å². The summed E-state index contributed by atoms with van der Waals surface area (Å²) in [6, 6.07) is 11.7. The molecule has 0 atom stereocenters. The van der Waals surface area contributed by atoms with Gasteiger partial charge in [0.05, 0.1) is 22.3 Å². The largest absolute Gasteiger partial charge is 0.494 e. The summed E-state index contributed by atoms with van der Waals surface area (Å²) in [5.74, 6) is 0.799. The Morgan fingerprint density at radius 1 is 1.15 bits per heavy atom. The molecule has 0 radical (unpaired) electrons.